The second-order valence-electron chi connectivity index (χ2n) is 7.91. The lowest BCUT2D eigenvalue weighted by molar-refractivity contribution is -0.137. The van der Waals surface area contributed by atoms with E-state index in [1.165, 1.54) is 23.5 Å². The number of hydrogen-bond acceptors (Lipinski definition) is 6. The number of carbonyl (C=O) groups excluding carboxylic acids is 2. The molecule has 4 heterocycles. The maximum Gasteiger partial charge on any atom is 0.416 e. The number of halogens is 3. The highest BCUT2D eigenvalue weighted by molar-refractivity contribution is 7.16. The second kappa shape index (κ2) is 8.39. The zero-order chi connectivity index (χ0) is 24.0. The number of nitrogens with one attached hydrogen (secondary N) is 2. The number of anilines is 1. The van der Waals surface area contributed by atoms with E-state index in [0.717, 1.165) is 22.6 Å². The molecule has 2 N–H and O–H groups in total. The molecule has 11 heteroatoms. The summed E-state index contributed by atoms with van der Waals surface area (Å²) in [4.78, 5) is 27.5. The number of furan rings is 1. The van der Waals surface area contributed by atoms with Crippen LogP contribution in [-0.2, 0) is 23.9 Å². The number of amides is 2. The predicted octanol–water partition coefficient (Wildman–Crippen LogP) is 5.40. The van der Waals surface area contributed by atoms with Crippen molar-refractivity contribution in [3.8, 4) is 11.3 Å². The van der Waals surface area contributed by atoms with Crippen LogP contribution >= 0.6 is 11.3 Å². The normalized spacial score (nSPS) is 17.5. The Labute approximate surface area is 196 Å². The minimum absolute atomic E-state index is 0.262. The quantitative estimate of drug-likeness (QED) is 0.513. The first-order chi connectivity index (χ1) is 16.2. The van der Waals surface area contributed by atoms with Gasteiger partial charge in [-0.25, -0.2) is 4.79 Å². The van der Waals surface area contributed by atoms with Crippen molar-refractivity contribution in [1.29, 1.82) is 0 Å². The number of ether oxygens (including phenoxy) is 1. The van der Waals surface area contributed by atoms with Gasteiger partial charge in [0.05, 0.1) is 24.3 Å². The number of benzene rings is 1. The number of carbonyl (C=O) groups is 2. The molecule has 0 spiro atoms. The minimum atomic E-state index is -4.46. The third-order valence-corrected chi connectivity index (χ3v) is 6.89. The van der Waals surface area contributed by atoms with E-state index in [2.05, 4.69) is 10.6 Å². The Kier molecular flexibility index (Phi) is 5.51. The van der Waals surface area contributed by atoms with Gasteiger partial charge in [-0.05, 0) is 43.2 Å². The van der Waals surface area contributed by atoms with Crippen LogP contribution in [0, 0.1) is 0 Å². The Bertz CT molecular complexity index is 1270. The van der Waals surface area contributed by atoms with Crippen molar-refractivity contribution in [2.75, 3.05) is 18.5 Å². The first kappa shape index (κ1) is 22.3. The van der Waals surface area contributed by atoms with Gasteiger partial charge in [0.1, 0.15) is 16.5 Å². The highest BCUT2D eigenvalue weighted by Crippen LogP contribution is 2.41. The summed E-state index contributed by atoms with van der Waals surface area (Å²) in [5, 5.41) is 6.77. The average molecular weight is 491 g/mol. The van der Waals surface area contributed by atoms with E-state index in [1.807, 2.05) is 0 Å². The van der Waals surface area contributed by atoms with E-state index >= 15 is 0 Å². The van der Waals surface area contributed by atoms with Crippen molar-refractivity contribution in [2.24, 2.45) is 0 Å². The number of rotatable bonds is 3. The maximum atomic E-state index is 13.1. The summed E-state index contributed by atoms with van der Waals surface area (Å²) >= 11 is 1.40. The predicted molar refractivity (Wildman–Crippen MR) is 118 cm³/mol. The first-order valence-electron chi connectivity index (χ1n) is 10.7. The number of thiophene rings is 1. The highest BCUT2D eigenvalue weighted by Gasteiger charge is 2.35. The molecular weight excluding hydrogens is 471 g/mol. The van der Waals surface area contributed by atoms with E-state index in [-0.39, 0.29) is 23.3 Å². The Balaban J connectivity index is 1.37. The summed E-state index contributed by atoms with van der Waals surface area (Å²) in [6.45, 7) is 2.87. The monoisotopic (exact) mass is 491 g/mol. The van der Waals surface area contributed by atoms with Crippen LogP contribution in [0.25, 0.3) is 11.3 Å². The van der Waals surface area contributed by atoms with Gasteiger partial charge in [-0.3, -0.25) is 4.79 Å². The lowest BCUT2D eigenvalue weighted by atomic mass is 10.0. The van der Waals surface area contributed by atoms with Gasteiger partial charge in [0.2, 0.25) is 0 Å². The SMILES string of the molecule is CCOC(=O)N1CCc2c(sc3c2C(=O)N[C@H](c2ccc(-c4cccc(C(F)(F)F)c4)o2)N3)C1. The fourth-order valence-corrected chi connectivity index (χ4v) is 5.43. The summed E-state index contributed by atoms with van der Waals surface area (Å²) in [6, 6.07) is 8.07. The summed E-state index contributed by atoms with van der Waals surface area (Å²) in [6.07, 6.45) is -4.98. The summed E-state index contributed by atoms with van der Waals surface area (Å²) < 4.78 is 50.0. The number of hydrogen-bond donors (Lipinski definition) is 2. The largest absolute Gasteiger partial charge is 0.457 e. The standard InChI is InChI=1S/C23H20F3N3O4S/c1-2-32-22(31)29-9-8-14-17(11-29)34-21-18(14)20(30)27-19(28-21)16-7-6-15(33-16)12-4-3-5-13(10-12)23(24,25)26/h3-7,10,19,28H,2,8-9,11H2,1H3,(H,27,30)/t19-/m0/s1. The van der Waals surface area contributed by atoms with Crippen molar-refractivity contribution >= 4 is 28.3 Å². The molecule has 0 saturated carbocycles. The molecule has 2 aliphatic heterocycles. The van der Waals surface area contributed by atoms with Crippen LogP contribution in [0.4, 0.5) is 23.0 Å². The van der Waals surface area contributed by atoms with Crippen molar-refractivity contribution in [1.82, 2.24) is 10.2 Å². The van der Waals surface area contributed by atoms with E-state index in [1.54, 1.807) is 24.0 Å². The molecular formula is C23H20F3N3O4S. The van der Waals surface area contributed by atoms with E-state index in [0.29, 0.717) is 42.4 Å². The van der Waals surface area contributed by atoms with Gasteiger partial charge in [0, 0.05) is 17.0 Å². The summed E-state index contributed by atoms with van der Waals surface area (Å²) in [5.74, 6) is 0.363. The Morgan fingerprint density at radius 1 is 1.26 bits per heavy atom. The molecule has 2 aliphatic rings. The molecule has 1 aromatic carbocycles. The van der Waals surface area contributed by atoms with Crippen LogP contribution in [0.5, 0.6) is 0 Å². The van der Waals surface area contributed by atoms with Crippen LogP contribution in [0.2, 0.25) is 0 Å². The molecule has 0 saturated heterocycles. The number of alkyl halides is 3. The first-order valence-corrected chi connectivity index (χ1v) is 11.5. The maximum absolute atomic E-state index is 13.1. The lowest BCUT2D eigenvalue weighted by Crippen LogP contribution is -2.39. The smallest absolute Gasteiger partial charge is 0.416 e. The van der Waals surface area contributed by atoms with Gasteiger partial charge in [-0.2, -0.15) is 13.2 Å². The van der Waals surface area contributed by atoms with Crippen LogP contribution in [0.15, 0.2) is 40.8 Å². The molecule has 2 amide bonds. The topological polar surface area (TPSA) is 83.8 Å². The van der Waals surface area contributed by atoms with Crippen molar-refractivity contribution in [3.63, 3.8) is 0 Å². The van der Waals surface area contributed by atoms with E-state index in [4.69, 9.17) is 9.15 Å². The molecule has 7 nitrogen and oxygen atoms in total. The van der Waals surface area contributed by atoms with Crippen molar-refractivity contribution in [3.05, 3.63) is 63.7 Å². The fourth-order valence-electron chi connectivity index (χ4n) is 4.14. The zero-order valence-electron chi connectivity index (χ0n) is 18.0. The highest BCUT2D eigenvalue weighted by atomic mass is 32.1. The van der Waals surface area contributed by atoms with Gasteiger partial charge < -0.3 is 24.7 Å². The zero-order valence-corrected chi connectivity index (χ0v) is 18.8. The van der Waals surface area contributed by atoms with Crippen LogP contribution in [-0.4, -0.2) is 30.1 Å². The van der Waals surface area contributed by atoms with Crippen LogP contribution < -0.4 is 10.6 Å². The second-order valence-corrected chi connectivity index (χ2v) is 9.01. The third-order valence-electron chi connectivity index (χ3n) is 5.75. The number of nitrogens with zero attached hydrogens (tertiary/aromatic N) is 1. The molecule has 5 rings (SSSR count). The molecule has 2 aromatic heterocycles. The lowest BCUT2D eigenvalue weighted by Gasteiger charge is -2.27. The minimum Gasteiger partial charge on any atom is -0.457 e. The fraction of sp³-hybridized carbons (Fsp3) is 0.304. The van der Waals surface area contributed by atoms with Crippen LogP contribution in [0.1, 0.15) is 45.2 Å². The molecule has 178 valence electrons. The van der Waals surface area contributed by atoms with E-state index in [9.17, 15) is 22.8 Å². The Morgan fingerprint density at radius 2 is 2.09 bits per heavy atom. The van der Waals surface area contributed by atoms with Crippen molar-refractivity contribution in [2.45, 2.75) is 32.2 Å². The molecule has 34 heavy (non-hydrogen) atoms. The summed E-state index contributed by atoms with van der Waals surface area (Å²) in [7, 11) is 0. The molecule has 0 aliphatic carbocycles. The van der Waals surface area contributed by atoms with Gasteiger partial charge in [-0.1, -0.05) is 12.1 Å². The Morgan fingerprint density at radius 3 is 2.85 bits per heavy atom. The van der Waals surface area contributed by atoms with Gasteiger partial charge in [-0.15, -0.1) is 11.3 Å². The van der Waals surface area contributed by atoms with Gasteiger partial charge in [0.25, 0.3) is 5.91 Å². The van der Waals surface area contributed by atoms with Gasteiger partial charge in [0.15, 0.2) is 6.17 Å². The molecule has 0 unspecified atom stereocenters. The molecule has 0 bridgehead atoms. The van der Waals surface area contributed by atoms with Crippen LogP contribution in [0.3, 0.4) is 0 Å². The molecule has 3 aromatic rings. The Hall–Kier alpha value is -3.47. The molecule has 0 fully saturated rings. The summed E-state index contributed by atoms with van der Waals surface area (Å²) in [5.41, 5.74) is 0.991. The van der Waals surface area contributed by atoms with E-state index < -0.39 is 17.9 Å². The van der Waals surface area contributed by atoms with Crippen molar-refractivity contribution < 1.29 is 31.9 Å². The molecule has 1 atom stereocenters. The average Bonchev–Trinajstić information content (AvgIpc) is 3.43. The third kappa shape index (κ3) is 4.00. The van der Waals surface area contributed by atoms with Gasteiger partial charge >= 0.3 is 12.3 Å². The number of fused-ring (bicyclic) bond motifs is 3. The molecule has 0 radical (unpaired) electrons.